The van der Waals surface area contributed by atoms with Crippen LogP contribution in [0.1, 0.15) is 114 Å². The van der Waals surface area contributed by atoms with Crippen LogP contribution in [-0.2, 0) is 14.9 Å². The van der Waals surface area contributed by atoms with Gasteiger partial charge in [0.05, 0.1) is 6.04 Å². The molecule has 10 aliphatic rings. The highest BCUT2D eigenvalue weighted by Crippen LogP contribution is 2.58. The van der Waals surface area contributed by atoms with E-state index in [0.29, 0.717) is 35.6 Å². The highest BCUT2D eigenvalue weighted by molar-refractivity contribution is 5.90. The normalized spacial score (nSPS) is 31.8. The first kappa shape index (κ1) is 36.8. The molecule has 0 bridgehead atoms. The van der Waals surface area contributed by atoms with Crippen molar-refractivity contribution in [2.75, 3.05) is 4.90 Å². The first-order valence-electron chi connectivity index (χ1n) is 23.6. The van der Waals surface area contributed by atoms with Crippen LogP contribution in [0.15, 0.2) is 167 Å². The molecule has 2 aliphatic heterocycles. The predicted molar refractivity (Wildman–Crippen MR) is 245 cm³/mol. The van der Waals surface area contributed by atoms with Crippen LogP contribution in [-0.4, -0.2) is 12.1 Å². The van der Waals surface area contributed by atoms with Crippen LogP contribution in [0.2, 0.25) is 0 Å². The summed E-state index contributed by atoms with van der Waals surface area (Å²) >= 11 is 0. The highest BCUT2D eigenvalue weighted by atomic mass is 16.5. The molecule has 2 aromatic rings. The van der Waals surface area contributed by atoms with Crippen molar-refractivity contribution >= 4 is 16.8 Å². The van der Waals surface area contributed by atoms with Crippen molar-refractivity contribution in [1.82, 2.24) is 0 Å². The van der Waals surface area contributed by atoms with Crippen LogP contribution in [0, 0.1) is 29.6 Å². The zero-order valence-corrected chi connectivity index (χ0v) is 35.5. The van der Waals surface area contributed by atoms with Gasteiger partial charge in [-0.25, -0.2) is 0 Å². The van der Waals surface area contributed by atoms with E-state index in [-0.39, 0.29) is 11.5 Å². The number of benzene rings is 2. The Morgan fingerprint density at radius 2 is 1.67 bits per heavy atom. The molecule has 8 aliphatic carbocycles. The Kier molecular flexibility index (Phi) is 8.94. The van der Waals surface area contributed by atoms with Crippen molar-refractivity contribution in [2.24, 2.45) is 29.6 Å². The lowest BCUT2D eigenvalue weighted by Crippen LogP contribution is -2.36. The number of ether oxygens (including phenoxy) is 2. The molecule has 0 amide bonds. The molecule has 0 spiro atoms. The van der Waals surface area contributed by atoms with Gasteiger partial charge in [-0.2, -0.15) is 0 Å². The molecule has 0 saturated heterocycles. The molecule has 2 heterocycles. The maximum atomic E-state index is 7.22. The number of nitrogens with zero attached hydrogens (tertiary/aromatic N) is 1. The first-order chi connectivity index (χ1) is 29.5. The van der Waals surface area contributed by atoms with Crippen molar-refractivity contribution < 1.29 is 9.47 Å². The predicted octanol–water partition coefficient (Wildman–Crippen LogP) is 14.1. The lowest BCUT2D eigenvalue weighted by Gasteiger charge is -2.39. The monoisotopic (exact) mass is 789 g/mol. The second-order valence-electron chi connectivity index (χ2n) is 19.7. The largest absolute Gasteiger partial charge is 0.484 e. The highest BCUT2D eigenvalue weighted by Gasteiger charge is 2.48. The Labute approximate surface area is 357 Å². The summed E-state index contributed by atoms with van der Waals surface area (Å²) in [4.78, 5) is 2.65. The van der Waals surface area contributed by atoms with Crippen molar-refractivity contribution in [3.63, 3.8) is 0 Å². The third-order valence-electron chi connectivity index (χ3n) is 16.1. The van der Waals surface area contributed by atoms with Gasteiger partial charge < -0.3 is 14.4 Å². The Hall–Kier alpha value is -5.02. The summed E-state index contributed by atoms with van der Waals surface area (Å²) < 4.78 is 13.9. The molecule has 60 heavy (non-hydrogen) atoms. The van der Waals surface area contributed by atoms with E-state index in [4.69, 9.17) is 9.47 Å². The van der Waals surface area contributed by atoms with Crippen molar-refractivity contribution in [2.45, 2.75) is 115 Å². The average Bonchev–Trinajstić information content (AvgIpc) is 3.95. The number of rotatable bonds is 6. The zero-order chi connectivity index (χ0) is 40.0. The van der Waals surface area contributed by atoms with E-state index in [0.717, 1.165) is 38.5 Å². The molecule has 7 atom stereocenters. The quantitative estimate of drug-likeness (QED) is 0.272. The Bertz CT molecular complexity index is 2480. The lowest BCUT2D eigenvalue weighted by molar-refractivity contribution is 0.157. The molecule has 0 aromatic heterocycles. The molecule has 12 rings (SSSR count). The average molecular weight is 790 g/mol. The smallest absolute Gasteiger partial charge is 0.131 e. The minimum Gasteiger partial charge on any atom is -0.484 e. The van der Waals surface area contributed by atoms with E-state index < -0.39 is 0 Å². The summed E-state index contributed by atoms with van der Waals surface area (Å²) in [7, 11) is 0. The molecule has 0 fully saturated rings. The van der Waals surface area contributed by atoms with Gasteiger partial charge in [0.1, 0.15) is 23.4 Å². The number of allylic oxidation sites excluding steroid dienone is 15. The summed E-state index contributed by atoms with van der Waals surface area (Å²) in [5.74, 6) is 6.05. The van der Waals surface area contributed by atoms with E-state index in [1.54, 1.807) is 5.57 Å². The molecule has 2 aromatic carbocycles. The minimum atomic E-state index is 0.0485. The molecule has 0 radical (unpaired) electrons. The fourth-order valence-corrected chi connectivity index (χ4v) is 13.0. The van der Waals surface area contributed by atoms with Gasteiger partial charge >= 0.3 is 0 Å². The van der Waals surface area contributed by atoms with Crippen LogP contribution in [0.5, 0.6) is 0 Å². The number of hydrogen-bond acceptors (Lipinski definition) is 3. The van der Waals surface area contributed by atoms with Gasteiger partial charge in [0.15, 0.2) is 0 Å². The maximum absolute atomic E-state index is 7.22. The third-order valence-corrected chi connectivity index (χ3v) is 16.1. The van der Waals surface area contributed by atoms with E-state index in [9.17, 15) is 0 Å². The topological polar surface area (TPSA) is 21.7 Å². The summed E-state index contributed by atoms with van der Waals surface area (Å²) in [6.07, 6.45) is 44.5. The van der Waals surface area contributed by atoms with E-state index in [2.05, 4.69) is 140 Å². The standard InChI is InChI=1S/C57H59NO2/c1-57(2)50-20-8-6-15-49(50)53-51(57)35-34-48-47-19-11-17-44(55(47)60-56(48)53)39-26-32-42(33-27-39)58(40-28-22-37(23-29-40)36-12-4-3-5-13-36)41-30-24-38(25-31-41)43-16-10-18-46-45-14-7-9-21-52(45)59-54(43)46/h4,6-8,11-12,14-15,17,19-20,22,24-26,28,30-33,36-37,39-40,46-47,55H,3,5,9-10,13,16,18,21,23,27,29,34-35H2,1-2H3. The summed E-state index contributed by atoms with van der Waals surface area (Å²) in [6, 6.07) is 18.9. The fraction of sp³-hybridized carbons (Fsp3) is 0.404. The van der Waals surface area contributed by atoms with E-state index in [1.165, 1.54) is 118 Å². The molecular formula is C57H59NO2. The molecule has 0 N–H and O–H groups in total. The van der Waals surface area contributed by atoms with Gasteiger partial charge in [-0.15, -0.1) is 0 Å². The SMILES string of the molecule is CC1(C)C2=C(C3=C(CC2)C2C=CC=C(C4C=CC(N(c5ccc(C6=C7OC8=C(C=CCC8)C7CCC6)cc5)C5C=CC(C6C=CCCC6)CC5)=CC4)C2O3)c2ccccc21. The van der Waals surface area contributed by atoms with Crippen LogP contribution < -0.4 is 4.90 Å². The van der Waals surface area contributed by atoms with Crippen molar-refractivity contribution in [1.29, 1.82) is 0 Å². The fourth-order valence-electron chi connectivity index (χ4n) is 13.0. The Morgan fingerprint density at radius 3 is 2.50 bits per heavy atom. The third kappa shape index (κ3) is 5.88. The summed E-state index contributed by atoms with van der Waals surface area (Å²) in [5, 5.41) is 0. The van der Waals surface area contributed by atoms with Crippen LogP contribution in [0.25, 0.3) is 11.1 Å². The molecule has 0 saturated carbocycles. The van der Waals surface area contributed by atoms with Crippen molar-refractivity contribution in [3.05, 3.63) is 183 Å². The Balaban J connectivity index is 0.821. The maximum Gasteiger partial charge on any atom is 0.131 e. The van der Waals surface area contributed by atoms with Gasteiger partial charge in [0.25, 0.3) is 0 Å². The van der Waals surface area contributed by atoms with E-state index >= 15 is 0 Å². The van der Waals surface area contributed by atoms with Crippen molar-refractivity contribution in [3.8, 4) is 0 Å². The van der Waals surface area contributed by atoms with Crippen LogP contribution in [0.4, 0.5) is 5.69 Å². The molecule has 304 valence electrons. The number of anilines is 1. The Morgan fingerprint density at radius 1 is 0.767 bits per heavy atom. The van der Waals surface area contributed by atoms with Gasteiger partial charge in [-0.1, -0.05) is 117 Å². The van der Waals surface area contributed by atoms with E-state index in [1.807, 2.05) is 0 Å². The molecule has 7 unspecified atom stereocenters. The van der Waals surface area contributed by atoms with Gasteiger partial charge in [-0.3, -0.25) is 0 Å². The van der Waals surface area contributed by atoms with Crippen LogP contribution >= 0.6 is 0 Å². The summed E-state index contributed by atoms with van der Waals surface area (Å²) in [5.41, 5.74) is 15.6. The number of fused-ring (bicyclic) bond motifs is 7. The molecular weight excluding hydrogens is 731 g/mol. The first-order valence-corrected chi connectivity index (χ1v) is 23.6. The molecule has 3 nitrogen and oxygen atoms in total. The summed E-state index contributed by atoms with van der Waals surface area (Å²) in [6.45, 7) is 4.82. The second-order valence-corrected chi connectivity index (χ2v) is 19.7. The molecule has 3 heteroatoms. The van der Waals surface area contributed by atoms with Gasteiger partial charge in [0, 0.05) is 52.1 Å². The minimum absolute atomic E-state index is 0.0485. The zero-order valence-electron chi connectivity index (χ0n) is 35.5. The van der Waals surface area contributed by atoms with Gasteiger partial charge in [0.2, 0.25) is 0 Å². The number of hydrogen-bond donors (Lipinski definition) is 0. The van der Waals surface area contributed by atoms with Crippen LogP contribution in [0.3, 0.4) is 0 Å². The lowest BCUT2D eigenvalue weighted by atomic mass is 9.74. The van der Waals surface area contributed by atoms with Gasteiger partial charge in [-0.05, 0) is 146 Å². The second kappa shape index (κ2) is 14.6.